The molecule has 0 radical (unpaired) electrons. The van der Waals surface area contributed by atoms with Crippen molar-refractivity contribution in [3.05, 3.63) is 40.7 Å². The molecule has 2 heterocycles. The van der Waals surface area contributed by atoms with Gasteiger partial charge in [0.25, 0.3) is 0 Å². The van der Waals surface area contributed by atoms with Crippen LogP contribution in [0.2, 0.25) is 5.02 Å². The predicted molar refractivity (Wildman–Crippen MR) is 65.4 cm³/mol. The second-order valence-corrected chi connectivity index (χ2v) is 4.28. The van der Waals surface area contributed by atoms with Crippen LogP contribution in [0.25, 0.3) is 11.3 Å². The highest BCUT2D eigenvalue weighted by Gasteiger charge is 2.14. The van der Waals surface area contributed by atoms with Gasteiger partial charge in [-0.1, -0.05) is 23.7 Å². The highest BCUT2D eigenvalue weighted by Crippen LogP contribution is 2.31. The molecule has 0 amide bonds. The number of aromatic nitrogens is 2. The van der Waals surface area contributed by atoms with Gasteiger partial charge in [0.05, 0.1) is 18.9 Å². The van der Waals surface area contributed by atoms with E-state index < -0.39 is 0 Å². The molecular formula is C12H10ClN3O. The van der Waals surface area contributed by atoms with Crippen LogP contribution in [0.15, 0.2) is 24.5 Å². The number of benzene rings is 1. The molecule has 1 aliphatic rings. The Morgan fingerprint density at radius 2 is 2.00 bits per heavy atom. The zero-order chi connectivity index (χ0) is 11.8. The van der Waals surface area contributed by atoms with E-state index in [4.69, 9.17) is 22.1 Å². The van der Waals surface area contributed by atoms with Gasteiger partial charge in [-0.25, -0.2) is 9.97 Å². The zero-order valence-corrected chi connectivity index (χ0v) is 9.74. The maximum absolute atomic E-state index is 6.10. The van der Waals surface area contributed by atoms with Crippen LogP contribution >= 0.6 is 11.6 Å². The van der Waals surface area contributed by atoms with Crippen LogP contribution in [0.5, 0.6) is 0 Å². The summed E-state index contributed by atoms with van der Waals surface area (Å²) in [6.45, 7) is 1.32. The van der Waals surface area contributed by atoms with Crippen molar-refractivity contribution in [3.8, 4) is 11.3 Å². The lowest BCUT2D eigenvalue weighted by atomic mass is 10.0. The molecule has 0 fully saturated rings. The van der Waals surface area contributed by atoms with Gasteiger partial charge in [0.2, 0.25) is 0 Å². The molecule has 3 rings (SSSR count). The molecule has 0 saturated heterocycles. The fourth-order valence-electron chi connectivity index (χ4n) is 1.90. The predicted octanol–water partition coefficient (Wildman–Crippen LogP) is 2.41. The normalized spacial score (nSPS) is 13.7. The fraction of sp³-hybridized carbons (Fsp3) is 0.167. The van der Waals surface area contributed by atoms with E-state index in [1.165, 1.54) is 17.5 Å². The summed E-state index contributed by atoms with van der Waals surface area (Å²) in [4.78, 5) is 8.02. The number of hydrogen-bond donors (Lipinski definition) is 1. The number of nitrogens with zero attached hydrogens (tertiary/aromatic N) is 2. The molecule has 2 N–H and O–H groups in total. The topological polar surface area (TPSA) is 61.0 Å². The molecule has 0 atom stereocenters. The van der Waals surface area contributed by atoms with Gasteiger partial charge in [-0.15, -0.1) is 0 Å². The van der Waals surface area contributed by atoms with E-state index in [2.05, 4.69) is 9.97 Å². The number of rotatable bonds is 1. The van der Waals surface area contributed by atoms with E-state index in [9.17, 15) is 0 Å². The van der Waals surface area contributed by atoms with E-state index in [0.717, 1.165) is 5.56 Å². The third kappa shape index (κ3) is 1.75. The van der Waals surface area contributed by atoms with Crippen molar-refractivity contribution in [2.24, 2.45) is 0 Å². The molecule has 1 aliphatic heterocycles. The zero-order valence-electron chi connectivity index (χ0n) is 8.98. The second-order valence-electron chi connectivity index (χ2n) is 3.90. The lowest BCUT2D eigenvalue weighted by molar-refractivity contribution is 0.134. The Hall–Kier alpha value is -1.65. The summed E-state index contributed by atoms with van der Waals surface area (Å²) in [5.74, 6) is 0.299. The minimum Gasteiger partial charge on any atom is -0.382 e. The first-order chi connectivity index (χ1) is 8.25. The van der Waals surface area contributed by atoms with Crippen molar-refractivity contribution in [1.29, 1.82) is 0 Å². The number of anilines is 1. The smallest absolute Gasteiger partial charge is 0.146 e. The molecule has 0 spiro atoms. The first kappa shape index (κ1) is 10.5. The Balaban J connectivity index is 2.13. The van der Waals surface area contributed by atoms with Crippen molar-refractivity contribution in [1.82, 2.24) is 9.97 Å². The molecule has 1 aromatic carbocycles. The van der Waals surface area contributed by atoms with E-state index in [-0.39, 0.29) is 0 Å². The average Bonchev–Trinajstić information content (AvgIpc) is 2.79. The molecular weight excluding hydrogens is 238 g/mol. The molecule has 17 heavy (non-hydrogen) atoms. The van der Waals surface area contributed by atoms with Crippen molar-refractivity contribution in [2.75, 3.05) is 5.73 Å². The summed E-state index contributed by atoms with van der Waals surface area (Å²) in [6, 6.07) is 6.05. The van der Waals surface area contributed by atoms with Gasteiger partial charge < -0.3 is 10.5 Å². The maximum atomic E-state index is 6.10. The molecule has 86 valence electrons. The van der Waals surface area contributed by atoms with Crippen LogP contribution in [-0.2, 0) is 18.0 Å². The van der Waals surface area contributed by atoms with Crippen molar-refractivity contribution < 1.29 is 4.74 Å². The van der Waals surface area contributed by atoms with Gasteiger partial charge >= 0.3 is 0 Å². The first-order valence-corrected chi connectivity index (χ1v) is 5.59. The number of nitrogens with two attached hydrogens (primary N) is 1. The summed E-state index contributed by atoms with van der Waals surface area (Å²) in [6.07, 6.45) is 1.42. The first-order valence-electron chi connectivity index (χ1n) is 5.21. The molecule has 0 aliphatic carbocycles. The van der Waals surface area contributed by atoms with Gasteiger partial charge in [0.15, 0.2) is 0 Å². The summed E-state index contributed by atoms with van der Waals surface area (Å²) in [7, 11) is 0. The molecule has 4 nitrogen and oxygen atoms in total. The summed E-state index contributed by atoms with van der Waals surface area (Å²) in [5, 5.41) is 0.395. The molecule has 2 aromatic rings. The summed E-state index contributed by atoms with van der Waals surface area (Å²) >= 11 is 6.10. The maximum Gasteiger partial charge on any atom is 0.146 e. The van der Waals surface area contributed by atoms with Crippen LogP contribution in [0, 0.1) is 0 Å². The van der Waals surface area contributed by atoms with E-state index >= 15 is 0 Å². The largest absolute Gasteiger partial charge is 0.382 e. The van der Waals surface area contributed by atoms with Gasteiger partial charge in [-0.3, -0.25) is 0 Å². The lowest BCUT2D eigenvalue weighted by Gasteiger charge is -2.06. The van der Waals surface area contributed by atoms with Crippen LogP contribution in [0.1, 0.15) is 11.1 Å². The molecule has 0 bridgehead atoms. The SMILES string of the molecule is Nc1ncnc(-c2ccc3c(c2)COC3)c1Cl. The minimum absolute atomic E-state index is 0.299. The minimum atomic E-state index is 0.299. The number of ether oxygens (including phenoxy) is 1. The average molecular weight is 248 g/mol. The highest BCUT2D eigenvalue weighted by atomic mass is 35.5. The summed E-state index contributed by atoms with van der Waals surface area (Å²) in [5.41, 5.74) is 9.65. The van der Waals surface area contributed by atoms with Crippen LogP contribution in [0.3, 0.4) is 0 Å². The Kier molecular flexibility index (Phi) is 2.46. The van der Waals surface area contributed by atoms with Gasteiger partial charge in [-0.05, 0) is 17.2 Å². The van der Waals surface area contributed by atoms with Gasteiger partial charge in [0.1, 0.15) is 17.2 Å². The number of nitrogen functional groups attached to an aromatic ring is 1. The molecule has 5 heteroatoms. The van der Waals surface area contributed by atoms with E-state index in [0.29, 0.717) is 29.7 Å². The Bertz CT molecular complexity index is 586. The van der Waals surface area contributed by atoms with Crippen LogP contribution in [-0.4, -0.2) is 9.97 Å². The van der Waals surface area contributed by atoms with Gasteiger partial charge in [0, 0.05) is 5.56 Å². The molecule has 1 aromatic heterocycles. The monoisotopic (exact) mass is 247 g/mol. The Labute approximate surface area is 103 Å². The van der Waals surface area contributed by atoms with Crippen LogP contribution < -0.4 is 5.73 Å². The second kappa shape index (κ2) is 3.98. The van der Waals surface area contributed by atoms with Gasteiger partial charge in [-0.2, -0.15) is 0 Å². The number of halogens is 1. The van der Waals surface area contributed by atoms with Crippen molar-refractivity contribution in [3.63, 3.8) is 0 Å². The van der Waals surface area contributed by atoms with Crippen molar-refractivity contribution >= 4 is 17.4 Å². The highest BCUT2D eigenvalue weighted by molar-refractivity contribution is 6.35. The third-order valence-corrected chi connectivity index (χ3v) is 3.18. The quantitative estimate of drug-likeness (QED) is 0.841. The fourth-order valence-corrected chi connectivity index (χ4v) is 2.11. The standard InChI is InChI=1S/C12H10ClN3O/c13-10-11(15-6-16-12(10)14)7-1-2-8-4-17-5-9(8)3-7/h1-3,6H,4-5H2,(H2,14,15,16). The van der Waals surface area contributed by atoms with Crippen molar-refractivity contribution in [2.45, 2.75) is 13.2 Å². The van der Waals surface area contributed by atoms with E-state index in [1.807, 2.05) is 18.2 Å². The Morgan fingerprint density at radius 1 is 1.18 bits per heavy atom. The summed E-state index contributed by atoms with van der Waals surface area (Å²) < 4.78 is 5.37. The number of hydrogen-bond acceptors (Lipinski definition) is 4. The molecule has 0 unspecified atom stereocenters. The third-order valence-electron chi connectivity index (χ3n) is 2.81. The molecule has 0 saturated carbocycles. The van der Waals surface area contributed by atoms with Crippen LogP contribution in [0.4, 0.5) is 5.82 Å². The Morgan fingerprint density at radius 3 is 2.88 bits per heavy atom. The van der Waals surface area contributed by atoms with E-state index in [1.54, 1.807) is 0 Å². The lowest BCUT2D eigenvalue weighted by Crippen LogP contribution is -1.96. The number of fused-ring (bicyclic) bond motifs is 1.